The smallest absolute Gasteiger partial charge is 0.235 e. The Bertz CT molecular complexity index is 617. The van der Waals surface area contributed by atoms with E-state index in [4.69, 9.17) is 0 Å². The lowest BCUT2D eigenvalue weighted by atomic mass is 9.99. The fourth-order valence-electron chi connectivity index (χ4n) is 2.52. The number of carbonyl (C=O) groups excluding carboxylic acids is 1. The van der Waals surface area contributed by atoms with Crippen LogP contribution in [0.15, 0.2) is 22.7 Å². The molecule has 7 heteroatoms. The molecular weight excluding hydrogens is 316 g/mol. The quantitative estimate of drug-likeness (QED) is 0.871. The van der Waals surface area contributed by atoms with Crippen LogP contribution in [0.2, 0.25) is 0 Å². The third-order valence-electron chi connectivity index (χ3n) is 3.94. The van der Waals surface area contributed by atoms with Crippen LogP contribution in [0.5, 0.6) is 0 Å². The van der Waals surface area contributed by atoms with Gasteiger partial charge in [0.25, 0.3) is 0 Å². The SMILES string of the molecule is CC1CCN(C(=O)[C@H](C)Sc2n[nH]c(-c3cccs3)n2)CC1. The van der Waals surface area contributed by atoms with E-state index in [2.05, 4.69) is 22.1 Å². The molecule has 118 valence electrons. The Morgan fingerprint density at radius 1 is 1.50 bits per heavy atom. The number of hydrogen-bond acceptors (Lipinski definition) is 5. The molecule has 0 aromatic carbocycles. The molecule has 0 radical (unpaired) electrons. The largest absolute Gasteiger partial charge is 0.342 e. The van der Waals surface area contributed by atoms with Crippen molar-refractivity contribution in [2.45, 2.75) is 37.1 Å². The molecule has 0 aliphatic carbocycles. The van der Waals surface area contributed by atoms with Crippen molar-refractivity contribution < 1.29 is 4.79 Å². The van der Waals surface area contributed by atoms with Gasteiger partial charge < -0.3 is 4.90 Å². The normalized spacial score (nSPS) is 17.6. The van der Waals surface area contributed by atoms with Gasteiger partial charge in [-0.25, -0.2) is 4.98 Å². The van der Waals surface area contributed by atoms with Crippen molar-refractivity contribution in [3.8, 4) is 10.7 Å². The molecule has 0 spiro atoms. The number of carbonyl (C=O) groups is 1. The summed E-state index contributed by atoms with van der Waals surface area (Å²) in [4.78, 5) is 20.0. The van der Waals surface area contributed by atoms with Crippen LogP contribution in [0.3, 0.4) is 0 Å². The number of piperidine rings is 1. The lowest BCUT2D eigenvalue weighted by Crippen LogP contribution is -2.41. The van der Waals surface area contributed by atoms with Gasteiger partial charge in [0.05, 0.1) is 10.1 Å². The zero-order valence-corrected chi connectivity index (χ0v) is 14.4. The van der Waals surface area contributed by atoms with E-state index in [-0.39, 0.29) is 11.2 Å². The van der Waals surface area contributed by atoms with E-state index in [0.29, 0.717) is 5.16 Å². The third kappa shape index (κ3) is 3.52. The number of aromatic nitrogens is 3. The molecule has 1 aliphatic heterocycles. The summed E-state index contributed by atoms with van der Waals surface area (Å²) in [5.41, 5.74) is 0. The van der Waals surface area contributed by atoms with Crippen molar-refractivity contribution in [3.05, 3.63) is 17.5 Å². The molecule has 1 saturated heterocycles. The molecule has 22 heavy (non-hydrogen) atoms. The van der Waals surface area contributed by atoms with Crippen molar-refractivity contribution >= 4 is 29.0 Å². The Balaban J connectivity index is 1.59. The minimum atomic E-state index is -0.152. The lowest BCUT2D eigenvalue weighted by Gasteiger charge is -2.31. The van der Waals surface area contributed by atoms with Crippen LogP contribution in [-0.4, -0.2) is 44.3 Å². The molecular formula is C15H20N4OS2. The van der Waals surface area contributed by atoms with E-state index < -0.39 is 0 Å². The topological polar surface area (TPSA) is 61.9 Å². The van der Waals surface area contributed by atoms with E-state index in [1.165, 1.54) is 11.8 Å². The van der Waals surface area contributed by atoms with Gasteiger partial charge in [-0.3, -0.25) is 9.89 Å². The average Bonchev–Trinajstić information content (AvgIpc) is 3.18. The zero-order valence-electron chi connectivity index (χ0n) is 12.8. The van der Waals surface area contributed by atoms with Crippen molar-refractivity contribution in [2.24, 2.45) is 5.92 Å². The second-order valence-electron chi connectivity index (χ2n) is 5.71. The van der Waals surface area contributed by atoms with Gasteiger partial charge in [-0.05, 0) is 37.1 Å². The highest BCUT2D eigenvalue weighted by Crippen LogP contribution is 2.27. The van der Waals surface area contributed by atoms with Gasteiger partial charge in [0.1, 0.15) is 0 Å². The first-order chi connectivity index (χ1) is 10.6. The van der Waals surface area contributed by atoms with Gasteiger partial charge in [-0.15, -0.1) is 16.4 Å². The number of H-pyrrole nitrogens is 1. The summed E-state index contributed by atoms with van der Waals surface area (Å²) in [6, 6.07) is 3.99. The summed E-state index contributed by atoms with van der Waals surface area (Å²) in [7, 11) is 0. The molecule has 3 heterocycles. The van der Waals surface area contributed by atoms with E-state index in [1.54, 1.807) is 11.3 Å². The van der Waals surface area contributed by atoms with E-state index >= 15 is 0 Å². The Kier molecular flexibility index (Phi) is 4.83. The van der Waals surface area contributed by atoms with Crippen LogP contribution >= 0.6 is 23.1 Å². The number of nitrogens with one attached hydrogen (secondary N) is 1. The predicted molar refractivity (Wildman–Crippen MR) is 90.0 cm³/mol. The summed E-state index contributed by atoms with van der Waals surface area (Å²) in [6.07, 6.45) is 2.21. The highest BCUT2D eigenvalue weighted by molar-refractivity contribution is 8.00. The van der Waals surface area contributed by atoms with E-state index in [1.807, 2.05) is 29.3 Å². The molecule has 2 aromatic rings. The summed E-state index contributed by atoms with van der Waals surface area (Å²) in [5, 5.41) is 9.65. The Morgan fingerprint density at radius 3 is 2.95 bits per heavy atom. The summed E-state index contributed by atoms with van der Waals surface area (Å²) < 4.78 is 0. The maximum Gasteiger partial charge on any atom is 0.235 e. The first-order valence-electron chi connectivity index (χ1n) is 7.55. The lowest BCUT2D eigenvalue weighted by molar-refractivity contribution is -0.131. The molecule has 3 rings (SSSR count). The first kappa shape index (κ1) is 15.6. The van der Waals surface area contributed by atoms with Gasteiger partial charge in [-0.2, -0.15) is 0 Å². The van der Waals surface area contributed by atoms with Crippen LogP contribution in [0.1, 0.15) is 26.7 Å². The molecule has 1 atom stereocenters. The number of thioether (sulfide) groups is 1. The second kappa shape index (κ2) is 6.83. The van der Waals surface area contributed by atoms with Gasteiger partial charge in [0, 0.05) is 13.1 Å². The number of amides is 1. The van der Waals surface area contributed by atoms with Crippen molar-refractivity contribution in [3.63, 3.8) is 0 Å². The van der Waals surface area contributed by atoms with Gasteiger partial charge in [0.2, 0.25) is 11.1 Å². The number of rotatable bonds is 4. The Hall–Kier alpha value is -1.34. The third-order valence-corrected chi connectivity index (χ3v) is 5.77. The summed E-state index contributed by atoms with van der Waals surface area (Å²) in [6.45, 7) is 5.94. The Labute approximate surface area is 138 Å². The van der Waals surface area contributed by atoms with E-state index in [0.717, 1.165) is 42.6 Å². The monoisotopic (exact) mass is 336 g/mol. The van der Waals surface area contributed by atoms with Gasteiger partial charge in [-0.1, -0.05) is 24.8 Å². The molecule has 1 aliphatic rings. The summed E-state index contributed by atoms with van der Waals surface area (Å²) >= 11 is 3.04. The van der Waals surface area contributed by atoms with Crippen molar-refractivity contribution in [2.75, 3.05) is 13.1 Å². The van der Waals surface area contributed by atoms with E-state index in [9.17, 15) is 4.79 Å². The molecule has 0 unspecified atom stereocenters. The number of thiophene rings is 1. The number of nitrogens with zero attached hydrogens (tertiary/aromatic N) is 3. The molecule has 0 bridgehead atoms. The molecule has 0 saturated carbocycles. The molecule has 1 amide bonds. The fourth-order valence-corrected chi connectivity index (χ4v) is 3.99. The van der Waals surface area contributed by atoms with Crippen molar-refractivity contribution in [1.29, 1.82) is 0 Å². The fraction of sp³-hybridized carbons (Fsp3) is 0.533. The molecule has 2 aromatic heterocycles. The van der Waals surface area contributed by atoms with Gasteiger partial charge >= 0.3 is 0 Å². The van der Waals surface area contributed by atoms with Crippen LogP contribution in [0.25, 0.3) is 10.7 Å². The maximum absolute atomic E-state index is 12.5. The van der Waals surface area contributed by atoms with Gasteiger partial charge in [0.15, 0.2) is 5.82 Å². The first-order valence-corrected chi connectivity index (χ1v) is 9.31. The molecule has 1 fully saturated rings. The molecule has 5 nitrogen and oxygen atoms in total. The minimum absolute atomic E-state index is 0.152. The van der Waals surface area contributed by atoms with Crippen LogP contribution < -0.4 is 0 Å². The van der Waals surface area contributed by atoms with Crippen molar-refractivity contribution in [1.82, 2.24) is 20.1 Å². The standard InChI is InChI=1S/C15H20N4OS2/c1-10-5-7-19(8-6-10)14(20)11(2)22-15-16-13(17-18-15)12-4-3-9-21-12/h3-4,9-11H,5-8H2,1-2H3,(H,16,17,18)/t11-/m0/s1. The number of aromatic amines is 1. The zero-order chi connectivity index (χ0) is 15.5. The second-order valence-corrected chi connectivity index (χ2v) is 7.97. The minimum Gasteiger partial charge on any atom is -0.342 e. The Morgan fingerprint density at radius 2 is 2.27 bits per heavy atom. The predicted octanol–water partition coefficient (Wildman–Crippen LogP) is 3.27. The van der Waals surface area contributed by atoms with Crippen LogP contribution in [0.4, 0.5) is 0 Å². The number of likely N-dealkylation sites (tertiary alicyclic amines) is 1. The summed E-state index contributed by atoms with van der Waals surface area (Å²) in [5.74, 6) is 1.69. The maximum atomic E-state index is 12.5. The van der Waals surface area contributed by atoms with Crippen LogP contribution in [0, 0.1) is 5.92 Å². The number of hydrogen-bond donors (Lipinski definition) is 1. The molecule has 1 N–H and O–H groups in total. The average molecular weight is 336 g/mol. The van der Waals surface area contributed by atoms with Crippen LogP contribution in [-0.2, 0) is 4.79 Å². The highest BCUT2D eigenvalue weighted by atomic mass is 32.2. The highest BCUT2D eigenvalue weighted by Gasteiger charge is 2.26.